The number of aromatic nitrogens is 2. The number of halogens is 1. The normalized spacial score (nSPS) is 10.4. The topological polar surface area (TPSA) is 17.8 Å². The smallest absolute Gasteiger partial charge is 0.0689 e. The minimum atomic E-state index is 0.509. The van der Waals surface area contributed by atoms with Crippen molar-refractivity contribution in [2.75, 3.05) is 0 Å². The third kappa shape index (κ3) is 1.66. The predicted octanol–water partition coefficient (Wildman–Crippen LogP) is 2.92. The van der Waals surface area contributed by atoms with Crippen LogP contribution in [-0.2, 0) is 5.88 Å². The quantitative estimate of drug-likeness (QED) is 0.691. The molecule has 0 radical (unpaired) electrons. The molecule has 0 unspecified atom stereocenters. The molecule has 0 aliphatic rings. The predicted molar refractivity (Wildman–Crippen MR) is 57.9 cm³/mol. The first-order chi connectivity index (χ1) is 6.81. The highest BCUT2D eigenvalue weighted by Gasteiger charge is 2.02. The van der Waals surface area contributed by atoms with E-state index in [1.807, 2.05) is 48.3 Å². The second-order valence-electron chi connectivity index (χ2n) is 3.22. The lowest BCUT2D eigenvalue weighted by molar-refractivity contribution is 0.871. The fourth-order valence-electron chi connectivity index (χ4n) is 1.39. The van der Waals surface area contributed by atoms with Gasteiger partial charge < -0.3 is 0 Å². The Balaban J connectivity index is 2.50. The molecule has 0 atom stereocenters. The Kier molecular flexibility index (Phi) is 2.55. The van der Waals surface area contributed by atoms with Gasteiger partial charge in [0.05, 0.1) is 11.9 Å². The van der Waals surface area contributed by atoms with Crippen LogP contribution in [0, 0.1) is 6.92 Å². The number of para-hydroxylation sites is 1. The summed E-state index contributed by atoms with van der Waals surface area (Å²) in [6, 6.07) is 8.00. The Morgan fingerprint density at radius 1 is 1.36 bits per heavy atom. The van der Waals surface area contributed by atoms with Gasteiger partial charge in [-0.05, 0) is 24.1 Å². The van der Waals surface area contributed by atoms with Crippen molar-refractivity contribution < 1.29 is 0 Å². The second kappa shape index (κ2) is 3.84. The van der Waals surface area contributed by atoms with Crippen molar-refractivity contribution in [3.8, 4) is 5.69 Å². The summed E-state index contributed by atoms with van der Waals surface area (Å²) in [5, 5.41) is 4.25. The summed E-state index contributed by atoms with van der Waals surface area (Å²) < 4.78 is 1.85. The standard InChI is InChI=1S/C11H11ClN2/c1-9-7-13-14(8-9)11-5-3-2-4-10(11)6-12/h2-5,7-8H,6H2,1H3. The molecule has 2 rings (SSSR count). The molecule has 0 spiro atoms. The highest BCUT2D eigenvalue weighted by molar-refractivity contribution is 6.17. The van der Waals surface area contributed by atoms with Crippen molar-refractivity contribution in [2.45, 2.75) is 12.8 Å². The van der Waals surface area contributed by atoms with E-state index in [1.54, 1.807) is 0 Å². The van der Waals surface area contributed by atoms with Crippen LogP contribution < -0.4 is 0 Å². The molecule has 0 bridgehead atoms. The van der Waals surface area contributed by atoms with Gasteiger partial charge in [-0.3, -0.25) is 0 Å². The van der Waals surface area contributed by atoms with Crippen molar-refractivity contribution in [3.63, 3.8) is 0 Å². The largest absolute Gasteiger partial charge is 0.240 e. The summed E-state index contributed by atoms with van der Waals surface area (Å²) >= 11 is 5.85. The zero-order valence-electron chi connectivity index (χ0n) is 7.94. The number of hydrogen-bond donors (Lipinski definition) is 0. The van der Waals surface area contributed by atoms with E-state index in [9.17, 15) is 0 Å². The Morgan fingerprint density at radius 3 is 2.79 bits per heavy atom. The fraction of sp³-hybridized carbons (Fsp3) is 0.182. The van der Waals surface area contributed by atoms with E-state index >= 15 is 0 Å². The van der Waals surface area contributed by atoms with E-state index in [0.29, 0.717) is 5.88 Å². The minimum Gasteiger partial charge on any atom is -0.240 e. The minimum absolute atomic E-state index is 0.509. The van der Waals surface area contributed by atoms with Crippen molar-refractivity contribution in [3.05, 3.63) is 47.8 Å². The highest BCUT2D eigenvalue weighted by atomic mass is 35.5. The molecule has 1 aromatic heterocycles. The van der Waals surface area contributed by atoms with Crippen LogP contribution in [0.4, 0.5) is 0 Å². The lowest BCUT2D eigenvalue weighted by atomic mass is 10.2. The van der Waals surface area contributed by atoms with Gasteiger partial charge in [0.15, 0.2) is 0 Å². The van der Waals surface area contributed by atoms with Crippen LogP contribution in [0.3, 0.4) is 0 Å². The molecule has 0 saturated heterocycles. The SMILES string of the molecule is Cc1cnn(-c2ccccc2CCl)c1. The first kappa shape index (κ1) is 9.28. The van der Waals surface area contributed by atoms with Gasteiger partial charge in [0.25, 0.3) is 0 Å². The van der Waals surface area contributed by atoms with Crippen molar-refractivity contribution in [1.82, 2.24) is 9.78 Å². The number of rotatable bonds is 2. The van der Waals surface area contributed by atoms with Gasteiger partial charge in [-0.15, -0.1) is 11.6 Å². The molecule has 2 nitrogen and oxygen atoms in total. The molecule has 1 heterocycles. The van der Waals surface area contributed by atoms with Gasteiger partial charge >= 0.3 is 0 Å². The molecule has 1 aromatic carbocycles. The molecule has 0 amide bonds. The second-order valence-corrected chi connectivity index (χ2v) is 3.49. The van der Waals surface area contributed by atoms with E-state index in [0.717, 1.165) is 16.8 Å². The molecule has 0 fully saturated rings. The maximum absolute atomic E-state index is 5.85. The maximum atomic E-state index is 5.85. The molecule has 0 N–H and O–H groups in total. The maximum Gasteiger partial charge on any atom is 0.0689 e. The van der Waals surface area contributed by atoms with E-state index < -0.39 is 0 Å². The van der Waals surface area contributed by atoms with E-state index in [1.165, 1.54) is 0 Å². The summed E-state index contributed by atoms with van der Waals surface area (Å²) in [6.07, 6.45) is 3.83. The Labute approximate surface area is 88.1 Å². The summed E-state index contributed by atoms with van der Waals surface area (Å²) in [5.41, 5.74) is 3.29. The van der Waals surface area contributed by atoms with Gasteiger partial charge in [-0.1, -0.05) is 18.2 Å². The number of aryl methyl sites for hydroxylation is 1. The van der Waals surface area contributed by atoms with Gasteiger partial charge in [-0.25, -0.2) is 4.68 Å². The first-order valence-corrected chi connectivity index (χ1v) is 5.00. The van der Waals surface area contributed by atoms with Crippen LogP contribution in [0.25, 0.3) is 5.69 Å². The van der Waals surface area contributed by atoms with Crippen LogP contribution in [0.1, 0.15) is 11.1 Å². The van der Waals surface area contributed by atoms with Crippen LogP contribution in [-0.4, -0.2) is 9.78 Å². The third-order valence-electron chi connectivity index (χ3n) is 2.09. The molecule has 3 heteroatoms. The van der Waals surface area contributed by atoms with Crippen molar-refractivity contribution in [1.29, 1.82) is 0 Å². The van der Waals surface area contributed by atoms with Gasteiger partial charge in [0.2, 0.25) is 0 Å². The molecule has 0 saturated carbocycles. The van der Waals surface area contributed by atoms with E-state index in [4.69, 9.17) is 11.6 Å². The third-order valence-corrected chi connectivity index (χ3v) is 2.38. The molecule has 14 heavy (non-hydrogen) atoms. The molecule has 0 aliphatic heterocycles. The van der Waals surface area contributed by atoms with E-state index in [2.05, 4.69) is 5.10 Å². The van der Waals surface area contributed by atoms with Gasteiger partial charge in [0.1, 0.15) is 0 Å². The molecule has 2 aromatic rings. The number of benzene rings is 1. The first-order valence-electron chi connectivity index (χ1n) is 4.47. The van der Waals surface area contributed by atoms with Crippen LogP contribution in [0.5, 0.6) is 0 Å². The summed E-state index contributed by atoms with van der Waals surface area (Å²) in [7, 11) is 0. The Bertz CT molecular complexity index is 434. The van der Waals surface area contributed by atoms with Gasteiger partial charge in [-0.2, -0.15) is 5.10 Å². The molecule has 72 valence electrons. The fourth-order valence-corrected chi connectivity index (χ4v) is 1.62. The van der Waals surface area contributed by atoms with Crippen LogP contribution in [0.15, 0.2) is 36.7 Å². The zero-order chi connectivity index (χ0) is 9.97. The Hall–Kier alpha value is -1.28. The lowest BCUT2D eigenvalue weighted by Crippen LogP contribution is -1.98. The van der Waals surface area contributed by atoms with Crippen molar-refractivity contribution in [2.24, 2.45) is 0 Å². The monoisotopic (exact) mass is 206 g/mol. The molecular weight excluding hydrogens is 196 g/mol. The average Bonchev–Trinajstić information content (AvgIpc) is 2.65. The summed E-state index contributed by atoms with van der Waals surface area (Å²) in [4.78, 5) is 0. The van der Waals surface area contributed by atoms with Crippen LogP contribution in [0.2, 0.25) is 0 Å². The molecule has 0 aliphatic carbocycles. The molecular formula is C11H11ClN2. The van der Waals surface area contributed by atoms with E-state index in [-0.39, 0.29) is 0 Å². The zero-order valence-corrected chi connectivity index (χ0v) is 8.70. The average molecular weight is 207 g/mol. The van der Waals surface area contributed by atoms with Gasteiger partial charge in [0, 0.05) is 12.1 Å². The van der Waals surface area contributed by atoms with Crippen LogP contribution >= 0.6 is 11.6 Å². The number of alkyl halides is 1. The summed E-state index contributed by atoms with van der Waals surface area (Å²) in [6.45, 7) is 2.02. The Morgan fingerprint density at radius 2 is 2.14 bits per heavy atom. The lowest BCUT2D eigenvalue weighted by Gasteiger charge is -2.05. The summed E-state index contributed by atoms with van der Waals surface area (Å²) in [5.74, 6) is 0.509. The number of hydrogen-bond acceptors (Lipinski definition) is 1. The highest BCUT2D eigenvalue weighted by Crippen LogP contribution is 2.15. The number of nitrogens with zero attached hydrogens (tertiary/aromatic N) is 2. The van der Waals surface area contributed by atoms with Crippen molar-refractivity contribution >= 4 is 11.6 Å².